The predicted octanol–water partition coefficient (Wildman–Crippen LogP) is 7.27. The predicted molar refractivity (Wildman–Crippen MR) is 139 cm³/mol. The van der Waals surface area contributed by atoms with Crippen molar-refractivity contribution in [1.29, 1.82) is 0 Å². The average molecular weight is 488 g/mol. The SMILES string of the molecule is Cc1ccccc1Nc1nc(Cl)nc(Nc2ccc(Nc3ccnc4cc(Cl)ccc34)cc2)n1. The molecule has 0 fully saturated rings. The Morgan fingerprint density at radius 1 is 0.676 bits per heavy atom. The molecule has 0 radical (unpaired) electrons. The summed E-state index contributed by atoms with van der Waals surface area (Å²) in [5.41, 5.74) is 5.47. The molecule has 34 heavy (non-hydrogen) atoms. The molecule has 0 bridgehead atoms. The molecule has 0 atom stereocenters. The average Bonchev–Trinajstić information content (AvgIpc) is 2.81. The van der Waals surface area contributed by atoms with Gasteiger partial charge in [-0.3, -0.25) is 4.98 Å². The lowest BCUT2D eigenvalue weighted by Gasteiger charge is -2.12. The molecule has 0 unspecified atom stereocenters. The van der Waals surface area contributed by atoms with Crippen molar-refractivity contribution in [3.8, 4) is 0 Å². The van der Waals surface area contributed by atoms with E-state index < -0.39 is 0 Å². The molecule has 0 spiro atoms. The topological polar surface area (TPSA) is 87.7 Å². The van der Waals surface area contributed by atoms with E-state index in [0.717, 1.165) is 39.2 Å². The number of fused-ring (bicyclic) bond motifs is 1. The van der Waals surface area contributed by atoms with Gasteiger partial charge < -0.3 is 16.0 Å². The van der Waals surface area contributed by atoms with E-state index in [0.29, 0.717) is 16.9 Å². The number of aryl methyl sites for hydroxylation is 1. The van der Waals surface area contributed by atoms with Crippen molar-refractivity contribution >= 4 is 68.8 Å². The van der Waals surface area contributed by atoms with Crippen molar-refractivity contribution in [3.63, 3.8) is 0 Å². The van der Waals surface area contributed by atoms with Gasteiger partial charge in [-0.1, -0.05) is 29.8 Å². The normalized spacial score (nSPS) is 10.8. The van der Waals surface area contributed by atoms with Gasteiger partial charge in [0, 0.05) is 39.4 Å². The van der Waals surface area contributed by atoms with Crippen LogP contribution in [0.25, 0.3) is 10.9 Å². The Bertz CT molecular complexity index is 1470. The van der Waals surface area contributed by atoms with Crippen LogP contribution in [0, 0.1) is 6.92 Å². The fourth-order valence-corrected chi connectivity index (χ4v) is 3.77. The van der Waals surface area contributed by atoms with E-state index in [-0.39, 0.29) is 5.28 Å². The molecular formula is C25H19Cl2N7. The van der Waals surface area contributed by atoms with Crippen molar-refractivity contribution < 1.29 is 0 Å². The molecule has 0 aliphatic heterocycles. The van der Waals surface area contributed by atoms with E-state index in [2.05, 4.69) is 35.9 Å². The summed E-state index contributed by atoms with van der Waals surface area (Å²) >= 11 is 12.2. The Kier molecular flexibility index (Phi) is 6.12. The number of pyridine rings is 1. The van der Waals surface area contributed by atoms with Crippen molar-refractivity contribution in [1.82, 2.24) is 19.9 Å². The van der Waals surface area contributed by atoms with E-state index in [1.807, 2.05) is 79.7 Å². The lowest BCUT2D eigenvalue weighted by molar-refractivity contribution is 1.06. The zero-order valence-electron chi connectivity index (χ0n) is 18.1. The maximum atomic E-state index is 6.13. The number of hydrogen-bond donors (Lipinski definition) is 3. The Morgan fingerprint density at radius 3 is 2.15 bits per heavy atom. The summed E-state index contributed by atoms with van der Waals surface area (Å²) in [7, 11) is 0. The van der Waals surface area contributed by atoms with Crippen molar-refractivity contribution in [2.75, 3.05) is 16.0 Å². The zero-order valence-corrected chi connectivity index (χ0v) is 19.6. The van der Waals surface area contributed by atoms with Crippen LogP contribution in [0.1, 0.15) is 5.56 Å². The molecule has 0 saturated heterocycles. The van der Waals surface area contributed by atoms with Crippen LogP contribution < -0.4 is 16.0 Å². The number of benzene rings is 3. The van der Waals surface area contributed by atoms with E-state index in [1.165, 1.54) is 0 Å². The van der Waals surface area contributed by atoms with Gasteiger partial charge in [0.25, 0.3) is 0 Å². The number of hydrogen-bond acceptors (Lipinski definition) is 7. The largest absolute Gasteiger partial charge is 0.355 e. The first-order chi connectivity index (χ1) is 16.5. The smallest absolute Gasteiger partial charge is 0.233 e. The van der Waals surface area contributed by atoms with Crippen LogP contribution in [0.15, 0.2) is 79.0 Å². The number of para-hydroxylation sites is 1. The van der Waals surface area contributed by atoms with Gasteiger partial charge in [0.2, 0.25) is 17.2 Å². The third-order valence-electron chi connectivity index (χ3n) is 5.12. The summed E-state index contributed by atoms with van der Waals surface area (Å²) < 4.78 is 0. The van der Waals surface area contributed by atoms with E-state index in [9.17, 15) is 0 Å². The Balaban J connectivity index is 1.32. The lowest BCUT2D eigenvalue weighted by atomic mass is 10.2. The third-order valence-corrected chi connectivity index (χ3v) is 5.53. The fourth-order valence-electron chi connectivity index (χ4n) is 3.45. The Hall–Kier alpha value is -3.94. The molecule has 7 nitrogen and oxygen atoms in total. The molecule has 0 aliphatic rings. The maximum Gasteiger partial charge on any atom is 0.233 e. The van der Waals surface area contributed by atoms with Crippen LogP contribution in [0.4, 0.5) is 34.6 Å². The fraction of sp³-hybridized carbons (Fsp3) is 0.0400. The highest BCUT2D eigenvalue weighted by Crippen LogP contribution is 2.28. The molecule has 168 valence electrons. The van der Waals surface area contributed by atoms with Crippen LogP contribution in [0.2, 0.25) is 10.3 Å². The summed E-state index contributed by atoms with van der Waals surface area (Å²) in [4.78, 5) is 17.2. The van der Waals surface area contributed by atoms with Gasteiger partial charge in [-0.05, 0) is 78.7 Å². The molecule has 2 aromatic heterocycles. The molecular weight excluding hydrogens is 469 g/mol. The van der Waals surface area contributed by atoms with Gasteiger partial charge in [0.1, 0.15) is 0 Å². The second-order valence-corrected chi connectivity index (χ2v) is 8.31. The Labute approximate surface area is 206 Å². The molecule has 3 aromatic carbocycles. The summed E-state index contributed by atoms with van der Waals surface area (Å²) in [6.07, 6.45) is 1.75. The minimum Gasteiger partial charge on any atom is -0.355 e. The molecule has 0 aliphatic carbocycles. The summed E-state index contributed by atoms with van der Waals surface area (Å²) in [5, 5.41) is 11.5. The second kappa shape index (κ2) is 9.51. The minimum atomic E-state index is 0.0940. The monoisotopic (exact) mass is 487 g/mol. The molecule has 3 N–H and O–H groups in total. The van der Waals surface area contributed by atoms with Gasteiger partial charge in [-0.15, -0.1) is 0 Å². The number of halogens is 2. The van der Waals surface area contributed by atoms with E-state index in [4.69, 9.17) is 23.2 Å². The molecule has 0 amide bonds. The Morgan fingerprint density at radius 2 is 1.38 bits per heavy atom. The van der Waals surface area contributed by atoms with Crippen molar-refractivity contribution in [2.45, 2.75) is 6.92 Å². The number of nitrogens with zero attached hydrogens (tertiary/aromatic N) is 4. The standard InChI is InChI=1S/C25H19Cl2N7/c1-15-4-2-3-5-20(15)31-25-33-23(27)32-24(34-25)30-18-9-7-17(8-10-18)29-21-12-13-28-22-14-16(26)6-11-19(21)22/h2-14H,1H3,(H,28,29)(H2,30,31,32,33,34). The van der Waals surface area contributed by atoms with Gasteiger partial charge in [-0.2, -0.15) is 15.0 Å². The van der Waals surface area contributed by atoms with Gasteiger partial charge in [-0.25, -0.2) is 0 Å². The number of aromatic nitrogens is 4. The number of nitrogens with one attached hydrogen (secondary N) is 3. The summed E-state index contributed by atoms with van der Waals surface area (Å²) in [5.74, 6) is 0.702. The van der Waals surface area contributed by atoms with Crippen LogP contribution in [0.5, 0.6) is 0 Å². The summed E-state index contributed by atoms with van der Waals surface area (Å²) in [6, 6.07) is 23.2. The van der Waals surface area contributed by atoms with Crippen LogP contribution >= 0.6 is 23.2 Å². The van der Waals surface area contributed by atoms with Crippen LogP contribution in [-0.4, -0.2) is 19.9 Å². The molecule has 5 aromatic rings. The zero-order chi connectivity index (χ0) is 23.5. The van der Waals surface area contributed by atoms with Crippen LogP contribution in [0.3, 0.4) is 0 Å². The first-order valence-corrected chi connectivity index (χ1v) is 11.2. The van der Waals surface area contributed by atoms with Crippen molar-refractivity contribution in [2.24, 2.45) is 0 Å². The third kappa shape index (κ3) is 5.01. The molecule has 0 saturated carbocycles. The highest BCUT2D eigenvalue weighted by Gasteiger charge is 2.08. The van der Waals surface area contributed by atoms with Gasteiger partial charge in [0.15, 0.2) is 0 Å². The maximum absolute atomic E-state index is 6.13. The van der Waals surface area contributed by atoms with E-state index in [1.54, 1.807) is 6.20 Å². The number of anilines is 6. The van der Waals surface area contributed by atoms with Crippen LogP contribution in [-0.2, 0) is 0 Å². The second-order valence-electron chi connectivity index (χ2n) is 7.54. The van der Waals surface area contributed by atoms with Gasteiger partial charge in [0.05, 0.1) is 5.52 Å². The van der Waals surface area contributed by atoms with E-state index >= 15 is 0 Å². The molecule has 5 rings (SSSR count). The highest BCUT2D eigenvalue weighted by molar-refractivity contribution is 6.31. The number of rotatable bonds is 6. The van der Waals surface area contributed by atoms with Gasteiger partial charge >= 0.3 is 0 Å². The highest BCUT2D eigenvalue weighted by atomic mass is 35.5. The lowest BCUT2D eigenvalue weighted by Crippen LogP contribution is -2.04. The first-order valence-electron chi connectivity index (χ1n) is 10.5. The van der Waals surface area contributed by atoms with Crippen molar-refractivity contribution in [3.05, 3.63) is 94.9 Å². The first kappa shape index (κ1) is 21.9. The molecule has 2 heterocycles. The summed E-state index contributed by atoms with van der Waals surface area (Å²) in [6.45, 7) is 2.00. The quantitative estimate of drug-likeness (QED) is 0.232. The minimum absolute atomic E-state index is 0.0940. The molecule has 9 heteroatoms.